The first-order chi connectivity index (χ1) is 10.9. The second-order valence-corrected chi connectivity index (χ2v) is 6.85. The summed E-state index contributed by atoms with van der Waals surface area (Å²) in [5, 5.41) is 3.78. The molecule has 0 aliphatic carbocycles. The highest BCUT2D eigenvalue weighted by Gasteiger charge is 2.15. The largest absolute Gasteiger partial charge is 0.483 e. The van der Waals surface area contributed by atoms with E-state index in [9.17, 15) is 4.79 Å². The molecule has 0 aliphatic heterocycles. The number of nitrogens with zero attached hydrogens (tertiary/aromatic N) is 1. The van der Waals surface area contributed by atoms with Gasteiger partial charge in [0.05, 0.1) is 17.0 Å². The van der Waals surface area contributed by atoms with Crippen molar-refractivity contribution in [1.82, 2.24) is 5.43 Å². The first-order valence-electron chi connectivity index (χ1n) is 7.14. The highest BCUT2D eigenvalue weighted by atomic mass is 79.9. The predicted octanol–water partition coefficient (Wildman–Crippen LogP) is 3.87. The number of carbonyl (C=O) groups excluding carboxylic acids is 1. The number of hydrogen-bond acceptors (Lipinski definition) is 4. The Morgan fingerprint density at radius 3 is 2.78 bits per heavy atom. The van der Waals surface area contributed by atoms with E-state index in [4.69, 9.17) is 9.15 Å². The molecule has 0 spiro atoms. The maximum Gasteiger partial charge on any atom is 0.277 e. The van der Waals surface area contributed by atoms with Crippen LogP contribution in [0.2, 0.25) is 0 Å². The third-order valence-corrected chi connectivity index (χ3v) is 3.70. The zero-order valence-corrected chi connectivity index (χ0v) is 14.9. The molecule has 1 aromatic carbocycles. The Labute approximate surface area is 143 Å². The van der Waals surface area contributed by atoms with Crippen LogP contribution in [0.1, 0.15) is 32.1 Å². The van der Waals surface area contributed by atoms with Gasteiger partial charge in [-0.3, -0.25) is 4.79 Å². The van der Waals surface area contributed by atoms with Crippen molar-refractivity contribution in [3.05, 3.63) is 52.4 Å². The van der Waals surface area contributed by atoms with Gasteiger partial charge in [0.15, 0.2) is 6.61 Å². The summed E-state index contributed by atoms with van der Waals surface area (Å²) in [4.78, 5) is 11.7. The number of carbonyl (C=O) groups is 1. The van der Waals surface area contributed by atoms with Gasteiger partial charge in [-0.1, -0.05) is 26.8 Å². The summed E-state index contributed by atoms with van der Waals surface area (Å²) in [6.07, 6.45) is 2.96. The first-order valence-corrected chi connectivity index (χ1v) is 7.94. The van der Waals surface area contributed by atoms with E-state index >= 15 is 0 Å². The Hall–Kier alpha value is -2.08. The van der Waals surface area contributed by atoms with E-state index in [0.29, 0.717) is 11.5 Å². The molecular formula is C17H19BrN2O3. The van der Waals surface area contributed by atoms with Crippen molar-refractivity contribution in [1.29, 1.82) is 0 Å². The molecule has 1 amide bonds. The number of halogens is 1. The van der Waals surface area contributed by atoms with Crippen molar-refractivity contribution in [3.63, 3.8) is 0 Å². The van der Waals surface area contributed by atoms with E-state index in [-0.39, 0.29) is 17.9 Å². The van der Waals surface area contributed by atoms with Crippen LogP contribution in [-0.2, 0) is 10.2 Å². The topological polar surface area (TPSA) is 63.8 Å². The molecule has 1 aromatic heterocycles. The fraction of sp³-hybridized carbons (Fsp3) is 0.294. The van der Waals surface area contributed by atoms with Crippen LogP contribution in [0.5, 0.6) is 5.75 Å². The molecule has 1 heterocycles. The minimum atomic E-state index is -0.348. The predicted molar refractivity (Wildman–Crippen MR) is 92.8 cm³/mol. The van der Waals surface area contributed by atoms with Crippen LogP contribution >= 0.6 is 15.9 Å². The number of rotatable bonds is 5. The third kappa shape index (κ3) is 5.25. The summed E-state index contributed by atoms with van der Waals surface area (Å²) in [7, 11) is 0. The van der Waals surface area contributed by atoms with Gasteiger partial charge < -0.3 is 9.15 Å². The first kappa shape index (κ1) is 17.3. The molecule has 2 aromatic rings. The zero-order valence-electron chi connectivity index (χ0n) is 13.3. The second kappa shape index (κ2) is 7.46. The van der Waals surface area contributed by atoms with E-state index < -0.39 is 0 Å². The van der Waals surface area contributed by atoms with E-state index in [0.717, 1.165) is 4.47 Å². The Bertz CT molecular complexity index is 688. The Morgan fingerprint density at radius 2 is 2.17 bits per heavy atom. The van der Waals surface area contributed by atoms with Crippen LogP contribution in [0, 0.1) is 0 Å². The number of amides is 1. The number of hydrogen-bond donors (Lipinski definition) is 1. The molecule has 0 fully saturated rings. The van der Waals surface area contributed by atoms with Gasteiger partial charge in [0.25, 0.3) is 5.91 Å². The van der Waals surface area contributed by atoms with Crippen LogP contribution in [0.25, 0.3) is 0 Å². The van der Waals surface area contributed by atoms with Gasteiger partial charge in [0, 0.05) is 0 Å². The van der Waals surface area contributed by atoms with Gasteiger partial charge in [-0.25, -0.2) is 5.43 Å². The minimum Gasteiger partial charge on any atom is -0.483 e. The fourth-order valence-electron chi connectivity index (χ4n) is 1.79. The summed E-state index contributed by atoms with van der Waals surface area (Å²) >= 11 is 3.47. The summed E-state index contributed by atoms with van der Waals surface area (Å²) < 4.78 is 11.4. The maximum absolute atomic E-state index is 11.7. The monoisotopic (exact) mass is 378 g/mol. The maximum atomic E-state index is 11.7. The van der Waals surface area contributed by atoms with Crippen molar-refractivity contribution in [2.24, 2.45) is 5.10 Å². The second-order valence-electron chi connectivity index (χ2n) is 5.99. The van der Waals surface area contributed by atoms with Crippen LogP contribution in [0.4, 0.5) is 0 Å². The summed E-state index contributed by atoms with van der Waals surface area (Å²) in [6, 6.07) is 9.32. The van der Waals surface area contributed by atoms with Crippen molar-refractivity contribution in [3.8, 4) is 5.75 Å². The quantitative estimate of drug-likeness (QED) is 0.634. The highest BCUT2D eigenvalue weighted by molar-refractivity contribution is 9.10. The third-order valence-electron chi connectivity index (χ3n) is 3.08. The number of furan rings is 1. The van der Waals surface area contributed by atoms with E-state index in [1.165, 1.54) is 18.0 Å². The van der Waals surface area contributed by atoms with Crippen molar-refractivity contribution < 1.29 is 13.9 Å². The molecule has 5 nitrogen and oxygen atoms in total. The smallest absolute Gasteiger partial charge is 0.277 e. The lowest BCUT2D eigenvalue weighted by molar-refractivity contribution is -0.123. The summed E-state index contributed by atoms with van der Waals surface area (Å²) in [5.74, 6) is 0.828. The Kier molecular flexibility index (Phi) is 5.60. The number of hydrazone groups is 1. The normalized spacial score (nSPS) is 11.7. The molecule has 2 rings (SSSR count). The van der Waals surface area contributed by atoms with Gasteiger partial charge in [-0.15, -0.1) is 0 Å². The van der Waals surface area contributed by atoms with E-state index in [2.05, 4.69) is 47.2 Å². The van der Waals surface area contributed by atoms with Gasteiger partial charge in [-0.2, -0.15) is 5.10 Å². The van der Waals surface area contributed by atoms with Gasteiger partial charge in [-0.05, 0) is 51.2 Å². The molecule has 0 unspecified atom stereocenters. The van der Waals surface area contributed by atoms with Gasteiger partial charge in [0.1, 0.15) is 11.5 Å². The standard InChI is InChI=1S/C17H19BrN2O3/c1-17(2,3)12-6-7-15(14(18)9-12)23-11-16(21)20-19-10-13-5-4-8-22-13/h4-10H,11H2,1-3H3,(H,20,21)/b19-10+. The van der Waals surface area contributed by atoms with E-state index in [1.54, 1.807) is 12.1 Å². The molecule has 0 saturated heterocycles. The van der Waals surface area contributed by atoms with Crippen molar-refractivity contribution in [2.75, 3.05) is 6.61 Å². The molecule has 0 atom stereocenters. The lowest BCUT2D eigenvalue weighted by atomic mass is 9.87. The molecule has 23 heavy (non-hydrogen) atoms. The Balaban J connectivity index is 1.87. The average molecular weight is 379 g/mol. The molecule has 6 heteroatoms. The number of benzene rings is 1. The molecular weight excluding hydrogens is 360 g/mol. The molecule has 0 aliphatic rings. The van der Waals surface area contributed by atoms with Crippen LogP contribution < -0.4 is 10.2 Å². The lowest BCUT2D eigenvalue weighted by Gasteiger charge is -2.20. The van der Waals surface area contributed by atoms with Gasteiger partial charge >= 0.3 is 0 Å². The van der Waals surface area contributed by atoms with Crippen LogP contribution in [0.15, 0.2) is 50.6 Å². The number of nitrogens with one attached hydrogen (secondary N) is 1. The number of ether oxygens (including phenoxy) is 1. The molecule has 0 radical (unpaired) electrons. The molecule has 0 bridgehead atoms. The van der Waals surface area contributed by atoms with Crippen LogP contribution in [-0.4, -0.2) is 18.7 Å². The van der Waals surface area contributed by atoms with Gasteiger partial charge in [0.2, 0.25) is 0 Å². The summed E-state index contributed by atoms with van der Waals surface area (Å²) in [5.41, 5.74) is 3.62. The molecule has 0 saturated carbocycles. The minimum absolute atomic E-state index is 0.0546. The van der Waals surface area contributed by atoms with E-state index in [1.807, 2.05) is 18.2 Å². The SMILES string of the molecule is CC(C)(C)c1ccc(OCC(=O)N/N=C/c2ccco2)c(Br)c1. The fourth-order valence-corrected chi connectivity index (χ4v) is 2.29. The molecule has 1 N–H and O–H groups in total. The average Bonchev–Trinajstić information content (AvgIpc) is 2.98. The van der Waals surface area contributed by atoms with Crippen molar-refractivity contribution in [2.45, 2.75) is 26.2 Å². The van der Waals surface area contributed by atoms with Crippen LogP contribution in [0.3, 0.4) is 0 Å². The van der Waals surface area contributed by atoms with Crippen molar-refractivity contribution >= 4 is 28.1 Å². The highest BCUT2D eigenvalue weighted by Crippen LogP contribution is 2.31. The Morgan fingerprint density at radius 1 is 1.39 bits per heavy atom. The zero-order chi connectivity index (χ0) is 16.9. The molecule has 122 valence electrons. The lowest BCUT2D eigenvalue weighted by Crippen LogP contribution is -2.24. The summed E-state index contributed by atoms with van der Waals surface area (Å²) in [6.45, 7) is 6.29.